The molecule has 0 aromatic heterocycles. The highest BCUT2D eigenvalue weighted by molar-refractivity contribution is 5.76. The maximum Gasteiger partial charge on any atom is 0.305 e. The van der Waals surface area contributed by atoms with Gasteiger partial charge in [-0.2, -0.15) is 0 Å². The monoisotopic (exact) mass is 1130 g/mol. The molecule has 0 bridgehead atoms. The van der Waals surface area contributed by atoms with Crippen LogP contribution in [0.2, 0.25) is 0 Å². The van der Waals surface area contributed by atoms with Crippen LogP contribution < -0.4 is 5.32 Å². The second-order valence-electron chi connectivity index (χ2n) is 25.6. The predicted octanol–water partition coefficient (Wildman–Crippen LogP) is 23.9. The van der Waals surface area contributed by atoms with Crippen molar-refractivity contribution < 1.29 is 24.5 Å². The van der Waals surface area contributed by atoms with Crippen LogP contribution in [0.15, 0.2) is 12.2 Å². The smallest absolute Gasteiger partial charge is 0.305 e. The summed E-state index contributed by atoms with van der Waals surface area (Å²) >= 11 is 0. The van der Waals surface area contributed by atoms with Crippen molar-refractivity contribution in [2.45, 2.75) is 437 Å². The molecule has 2 unspecified atom stereocenters. The summed E-state index contributed by atoms with van der Waals surface area (Å²) in [5.41, 5.74) is 0. The Bertz CT molecular complexity index is 1210. The van der Waals surface area contributed by atoms with Gasteiger partial charge in [0.1, 0.15) is 0 Å². The lowest BCUT2D eigenvalue weighted by Gasteiger charge is -2.22. The van der Waals surface area contributed by atoms with Crippen molar-refractivity contribution in [3.05, 3.63) is 12.2 Å². The third kappa shape index (κ3) is 65.7. The summed E-state index contributed by atoms with van der Waals surface area (Å²) in [5.74, 6) is -0.0119. The van der Waals surface area contributed by atoms with Crippen molar-refractivity contribution >= 4 is 11.9 Å². The summed E-state index contributed by atoms with van der Waals surface area (Å²) in [6.07, 6.45) is 87.1. The lowest BCUT2D eigenvalue weighted by atomic mass is 10.0. The fraction of sp³-hybridized carbons (Fsp3) is 0.946. The van der Waals surface area contributed by atoms with Crippen molar-refractivity contribution in [3.63, 3.8) is 0 Å². The first kappa shape index (κ1) is 78.6. The van der Waals surface area contributed by atoms with Crippen LogP contribution in [0.1, 0.15) is 425 Å². The van der Waals surface area contributed by atoms with Crippen LogP contribution in [-0.2, 0) is 14.3 Å². The third-order valence-corrected chi connectivity index (χ3v) is 17.6. The second-order valence-corrected chi connectivity index (χ2v) is 25.6. The fourth-order valence-electron chi connectivity index (χ4n) is 11.9. The van der Waals surface area contributed by atoms with Crippen molar-refractivity contribution in [1.82, 2.24) is 5.32 Å². The molecule has 0 aliphatic rings. The quantitative estimate of drug-likeness (QED) is 0.0320. The highest BCUT2D eigenvalue weighted by Crippen LogP contribution is 2.20. The van der Waals surface area contributed by atoms with Crippen molar-refractivity contribution in [1.29, 1.82) is 0 Å². The number of amides is 1. The molecule has 0 aromatic carbocycles. The van der Waals surface area contributed by atoms with Crippen LogP contribution in [0.5, 0.6) is 0 Å². The Kier molecular flexibility index (Phi) is 68.9. The summed E-state index contributed by atoms with van der Waals surface area (Å²) < 4.78 is 5.50. The van der Waals surface area contributed by atoms with E-state index in [4.69, 9.17) is 4.74 Å². The molecule has 0 aromatic rings. The minimum absolute atomic E-state index is 0.0147. The molecule has 0 heterocycles. The molecule has 1 amide bonds. The van der Waals surface area contributed by atoms with Gasteiger partial charge in [0.2, 0.25) is 5.91 Å². The van der Waals surface area contributed by atoms with Crippen molar-refractivity contribution in [2.24, 2.45) is 0 Å². The molecule has 0 fully saturated rings. The van der Waals surface area contributed by atoms with Gasteiger partial charge in [-0.3, -0.25) is 9.59 Å². The maximum absolute atomic E-state index is 12.5. The lowest BCUT2D eigenvalue weighted by molar-refractivity contribution is -0.143. The van der Waals surface area contributed by atoms with Crippen LogP contribution in [0.4, 0.5) is 0 Å². The minimum Gasteiger partial charge on any atom is -0.466 e. The van der Waals surface area contributed by atoms with E-state index in [0.717, 1.165) is 44.9 Å². The van der Waals surface area contributed by atoms with Gasteiger partial charge in [-0.15, -0.1) is 0 Å². The second kappa shape index (κ2) is 70.1. The number of carbonyl (C=O) groups is 2. The van der Waals surface area contributed by atoms with E-state index in [-0.39, 0.29) is 18.5 Å². The number of unbranched alkanes of at least 4 members (excludes halogenated alkanes) is 57. The van der Waals surface area contributed by atoms with Gasteiger partial charge < -0.3 is 20.3 Å². The van der Waals surface area contributed by atoms with E-state index in [1.807, 2.05) is 0 Å². The average Bonchev–Trinajstić information content (AvgIpc) is 3.46. The first-order chi connectivity index (χ1) is 39.5. The standard InChI is InChI=1S/C74H145NO5/c1-3-5-7-9-11-13-15-17-38-42-46-50-54-58-62-66-72(77)71(70-76)75-73(78)67-63-59-55-51-47-43-40-36-34-32-30-28-26-24-22-20-19-21-23-25-27-29-31-33-35-37-41-45-49-53-57-61-65-69-80-74(79)68-64-60-56-52-48-44-39-18-16-14-12-10-8-6-4-2/h18,39,71-72,76-77H,3-17,19-38,40-70H2,1-2H3,(H,75,78)/b39-18-. The molecule has 0 aliphatic carbocycles. The number of nitrogens with one attached hydrogen (secondary N) is 1. The minimum atomic E-state index is -0.660. The van der Waals surface area contributed by atoms with E-state index >= 15 is 0 Å². The number of aliphatic hydroxyl groups excluding tert-OH is 2. The van der Waals surface area contributed by atoms with Gasteiger partial charge in [0.25, 0.3) is 0 Å². The first-order valence-electron chi connectivity index (χ1n) is 36.9. The zero-order valence-corrected chi connectivity index (χ0v) is 54.6. The molecule has 6 heteroatoms. The molecule has 2 atom stereocenters. The van der Waals surface area contributed by atoms with Gasteiger partial charge in [-0.1, -0.05) is 373 Å². The summed E-state index contributed by atoms with van der Waals surface area (Å²) in [5, 5.41) is 23.3. The van der Waals surface area contributed by atoms with Gasteiger partial charge >= 0.3 is 5.97 Å². The SMILES string of the molecule is CCCCCCCC/C=C\CCCCCCCC(=O)OCCCCCCCCCCCCCCCCCCCCCCCCCCCCCCCCCCCC(=O)NC(CO)C(O)CCCCCCCCCCCCCCCCC. The molecule has 0 aliphatic heterocycles. The highest BCUT2D eigenvalue weighted by Gasteiger charge is 2.20. The van der Waals surface area contributed by atoms with Crippen LogP contribution in [0.25, 0.3) is 0 Å². The van der Waals surface area contributed by atoms with E-state index in [1.165, 1.54) is 347 Å². The zero-order valence-electron chi connectivity index (χ0n) is 54.6. The van der Waals surface area contributed by atoms with Crippen molar-refractivity contribution in [2.75, 3.05) is 13.2 Å². The predicted molar refractivity (Wildman–Crippen MR) is 352 cm³/mol. The Morgan fingerprint density at radius 1 is 0.338 bits per heavy atom. The number of ether oxygens (including phenoxy) is 1. The number of hydrogen-bond acceptors (Lipinski definition) is 5. The molecular formula is C74H145NO5. The topological polar surface area (TPSA) is 95.9 Å². The number of hydrogen-bond donors (Lipinski definition) is 3. The summed E-state index contributed by atoms with van der Waals surface area (Å²) in [4.78, 5) is 24.6. The molecule has 6 nitrogen and oxygen atoms in total. The lowest BCUT2D eigenvalue weighted by Crippen LogP contribution is -2.45. The van der Waals surface area contributed by atoms with Gasteiger partial charge in [0, 0.05) is 12.8 Å². The fourth-order valence-corrected chi connectivity index (χ4v) is 11.9. The van der Waals surface area contributed by atoms with Crippen LogP contribution in [0, 0.1) is 0 Å². The Balaban J connectivity index is 3.30. The number of allylic oxidation sites excluding steroid dienone is 2. The van der Waals surface area contributed by atoms with Crippen LogP contribution in [0.3, 0.4) is 0 Å². The largest absolute Gasteiger partial charge is 0.466 e. The van der Waals surface area contributed by atoms with E-state index < -0.39 is 12.1 Å². The maximum atomic E-state index is 12.5. The Hall–Kier alpha value is -1.40. The van der Waals surface area contributed by atoms with E-state index in [9.17, 15) is 19.8 Å². The van der Waals surface area contributed by atoms with Gasteiger partial charge in [0.05, 0.1) is 25.4 Å². The van der Waals surface area contributed by atoms with Crippen molar-refractivity contribution in [3.8, 4) is 0 Å². The number of carbonyl (C=O) groups excluding carboxylic acids is 2. The molecule has 0 saturated carbocycles. The Morgan fingerprint density at radius 3 is 0.887 bits per heavy atom. The van der Waals surface area contributed by atoms with Crippen LogP contribution >= 0.6 is 0 Å². The van der Waals surface area contributed by atoms with E-state index in [0.29, 0.717) is 25.9 Å². The molecular weight excluding hydrogens is 983 g/mol. The summed E-state index contributed by atoms with van der Waals surface area (Å²) in [6, 6.07) is -0.537. The number of esters is 1. The highest BCUT2D eigenvalue weighted by atomic mass is 16.5. The molecule has 0 rings (SSSR count). The zero-order chi connectivity index (χ0) is 57.8. The number of rotatable bonds is 70. The Labute approximate surface area is 501 Å². The molecule has 0 spiro atoms. The van der Waals surface area contributed by atoms with E-state index in [2.05, 4.69) is 31.3 Å². The number of aliphatic hydroxyl groups is 2. The summed E-state index contributed by atoms with van der Waals surface area (Å²) in [6.45, 7) is 4.99. The third-order valence-electron chi connectivity index (χ3n) is 17.6. The Morgan fingerprint density at radius 2 is 0.588 bits per heavy atom. The molecule has 3 N–H and O–H groups in total. The normalized spacial score (nSPS) is 12.5. The molecule has 80 heavy (non-hydrogen) atoms. The molecule has 0 saturated heterocycles. The van der Waals surface area contributed by atoms with Gasteiger partial charge in [0.15, 0.2) is 0 Å². The average molecular weight is 1130 g/mol. The summed E-state index contributed by atoms with van der Waals surface area (Å²) in [7, 11) is 0. The van der Waals surface area contributed by atoms with Gasteiger partial charge in [-0.25, -0.2) is 0 Å². The van der Waals surface area contributed by atoms with Gasteiger partial charge in [-0.05, 0) is 51.4 Å². The van der Waals surface area contributed by atoms with E-state index in [1.54, 1.807) is 0 Å². The first-order valence-corrected chi connectivity index (χ1v) is 36.9. The van der Waals surface area contributed by atoms with Crippen LogP contribution in [-0.4, -0.2) is 47.4 Å². The molecule has 0 radical (unpaired) electrons. The molecule has 476 valence electrons.